The summed E-state index contributed by atoms with van der Waals surface area (Å²) in [4.78, 5) is 5.26. The average Bonchev–Trinajstić information content (AvgIpc) is 2.43. The van der Waals surface area contributed by atoms with Gasteiger partial charge in [-0.3, -0.25) is 10.0 Å². The minimum atomic E-state index is 0.464. The van der Waals surface area contributed by atoms with Crippen molar-refractivity contribution >= 4 is 0 Å². The molecule has 0 saturated heterocycles. The SMILES string of the molecule is CCN(O)OCC1CCc2c(cccc2OC)C1. The van der Waals surface area contributed by atoms with Crippen LogP contribution in [0, 0.1) is 5.92 Å². The molecule has 0 fully saturated rings. The maximum absolute atomic E-state index is 9.26. The summed E-state index contributed by atoms with van der Waals surface area (Å²) in [5.41, 5.74) is 2.67. The fourth-order valence-electron chi connectivity index (χ4n) is 2.46. The number of rotatable bonds is 5. The zero-order chi connectivity index (χ0) is 13.0. The standard InChI is InChI=1S/C14H21NO3/c1-3-15(16)18-10-11-7-8-13-12(9-11)5-4-6-14(13)17-2/h4-6,11,16H,3,7-10H2,1-2H3. The lowest BCUT2D eigenvalue weighted by atomic mass is 9.84. The highest BCUT2D eigenvalue weighted by atomic mass is 16.9. The van der Waals surface area contributed by atoms with Gasteiger partial charge in [-0.2, -0.15) is 0 Å². The first-order valence-corrected chi connectivity index (χ1v) is 6.48. The highest BCUT2D eigenvalue weighted by molar-refractivity contribution is 5.41. The minimum Gasteiger partial charge on any atom is -0.496 e. The van der Waals surface area contributed by atoms with Gasteiger partial charge in [0.05, 0.1) is 13.7 Å². The van der Waals surface area contributed by atoms with E-state index in [-0.39, 0.29) is 0 Å². The number of methoxy groups -OCH3 is 1. The molecule has 0 aliphatic heterocycles. The van der Waals surface area contributed by atoms with Crippen molar-refractivity contribution in [2.45, 2.75) is 26.2 Å². The first-order valence-electron chi connectivity index (χ1n) is 6.48. The molecule has 1 aromatic carbocycles. The summed E-state index contributed by atoms with van der Waals surface area (Å²) < 4.78 is 5.38. The van der Waals surface area contributed by atoms with Crippen LogP contribution in [-0.4, -0.2) is 30.7 Å². The van der Waals surface area contributed by atoms with Gasteiger partial charge in [0.15, 0.2) is 0 Å². The van der Waals surface area contributed by atoms with Crippen LogP contribution < -0.4 is 4.74 Å². The Kier molecular flexibility index (Phi) is 4.58. The van der Waals surface area contributed by atoms with Crippen LogP contribution in [0.3, 0.4) is 0 Å². The van der Waals surface area contributed by atoms with Crippen LogP contribution in [0.25, 0.3) is 0 Å². The third-order valence-corrected chi connectivity index (χ3v) is 3.49. The molecule has 0 spiro atoms. The lowest BCUT2D eigenvalue weighted by molar-refractivity contribution is -0.342. The zero-order valence-corrected chi connectivity index (χ0v) is 11.1. The van der Waals surface area contributed by atoms with E-state index in [2.05, 4.69) is 6.07 Å². The normalized spacial score (nSPS) is 18.8. The van der Waals surface area contributed by atoms with Crippen LogP contribution in [0.1, 0.15) is 24.5 Å². The molecule has 0 saturated carbocycles. The van der Waals surface area contributed by atoms with Crippen molar-refractivity contribution in [3.05, 3.63) is 29.3 Å². The van der Waals surface area contributed by atoms with Gasteiger partial charge in [-0.25, -0.2) is 0 Å². The number of hydroxylamine groups is 2. The van der Waals surface area contributed by atoms with Gasteiger partial charge in [-0.05, 0) is 49.3 Å². The molecule has 0 amide bonds. The van der Waals surface area contributed by atoms with E-state index in [0.717, 1.165) is 30.2 Å². The molecule has 1 atom stereocenters. The molecule has 1 unspecified atom stereocenters. The van der Waals surface area contributed by atoms with Crippen molar-refractivity contribution in [1.29, 1.82) is 0 Å². The summed E-state index contributed by atoms with van der Waals surface area (Å²) in [5.74, 6) is 1.45. The van der Waals surface area contributed by atoms with Gasteiger partial charge >= 0.3 is 0 Å². The summed E-state index contributed by atoms with van der Waals surface area (Å²) in [6, 6.07) is 6.20. The van der Waals surface area contributed by atoms with Crippen molar-refractivity contribution in [1.82, 2.24) is 5.23 Å². The molecule has 100 valence electrons. The monoisotopic (exact) mass is 251 g/mol. The van der Waals surface area contributed by atoms with Crippen molar-refractivity contribution in [2.75, 3.05) is 20.3 Å². The summed E-state index contributed by atoms with van der Waals surface area (Å²) in [7, 11) is 1.72. The Bertz CT molecular complexity index is 395. The molecular formula is C14H21NO3. The van der Waals surface area contributed by atoms with Crippen LogP contribution in [0.4, 0.5) is 0 Å². The van der Waals surface area contributed by atoms with Crippen LogP contribution in [0.5, 0.6) is 5.75 Å². The van der Waals surface area contributed by atoms with E-state index < -0.39 is 0 Å². The van der Waals surface area contributed by atoms with Gasteiger partial charge in [0.1, 0.15) is 5.75 Å². The Hall–Kier alpha value is -1.10. The molecule has 18 heavy (non-hydrogen) atoms. The lowest BCUT2D eigenvalue weighted by Gasteiger charge is -2.26. The Morgan fingerprint density at radius 3 is 3.00 bits per heavy atom. The van der Waals surface area contributed by atoms with Gasteiger partial charge in [-0.1, -0.05) is 17.4 Å². The Morgan fingerprint density at radius 1 is 1.44 bits per heavy atom. The van der Waals surface area contributed by atoms with E-state index in [0.29, 0.717) is 19.1 Å². The Labute approximate surface area is 108 Å². The Morgan fingerprint density at radius 2 is 2.28 bits per heavy atom. The quantitative estimate of drug-likeness (QED) is 0.816. The van der Waals surface area contributed by atoms with Gasteiger partial charge in [0.25, 0.3) is 0 Å². The molecule has 0 bridgehead atoms. The summed E-state index contributed by atoms with van der Waals surface area (Å²) in [6.45, 7) is 2.90. The molecule has 1 aromatic rings. The van der Waals surface area contributed by atoms with Crippen LogP contribution in [0.2, 0.25) is 0 Å². The van der Waals surface area contributed by atoms with E-state index in [1.54, 1.807) is 7.11 Å². The smallest absolute Gasteiger partial charge is 0.122 e. The first kappa shape index (κ1) is 13.3. The topological polar surface area (TPSA) is 41.9 Å². The van der Waals surface area contributed by atoms with Crippen molar-refractivity contribution in [2.24, 2.45) is 5.92 Å². The van der Waals surface area contributed by atoms with Crippen molar-refractivity contribution < 1.29 is 14.8 Å². The first-order chi connectivity index (χ1) is 8.74. The number of hydrogen-bond acceptors (Lipinski definition) is 4. The van der Waals surface area contributed by atoms with E-state index >= 15 is 0 Å². The second kappa shape index (κ2) is 6.18. The van der Waals surface area contributed by atoms with Crippen LogP contribution in [0.15, 0.2) is 18.2 Å². The molecule has 2 rings (SSSR count). The number of hydrogen-bond donors (Lipinski definition) is 1. The predicted octanol–water partition coefficient (Wildman–Crippen LogP) is 2.44. The van der Waals surface area contributed by atoms with E-state index in [1.165, 1.54) is 11.1 Å². The fourth-order valence-corrected chi connectivity index (χ4v) is 2.46. The third-order valence-electron chi connectivity index (χ3n) is 3.49. The number of nitrogens with zero attached hydrogens (tertiary/aromatic N) is 1. The number of benzene rings is 1. The van der Waals surface area contributed by atoms with Crippen molar-refractivity contribution in [3.63, 3.8) is 0 Å². The molecular weight excluding hydrogens is 230 g/mol. The summed E-state index contributed by atoms with van der Waals surface area (Å²) in [5, 5.41) is 10.2. The largest absolute Gasteiger partial charge is 0.496 e. The van der Waals surface area contributed by atoms with Crippen LogP contribution in [-0.2, 0) is 17.7 Å². The molecule has 1 aliphatic carbocycles. The molecule has 1 N–H and O–H groups in total. The van der Waals surface area contributed by atoms with Crippen molar-refractivity contribution in [3.8, 4) is 5.75 Å². The molecule has 1 aliphatic rings. The summed E-state index contributed by atoms with van der Waals surface area (Å²) >= 11 is 0. The van der Waals surface area contributed by atoms with Gasteiger partial charge < -0.3 is 4.74 Å². The minimum absolute atomic E-state index is 0.464. The summed E-state index contributed by atoms with van der Waals surface area (Å²) in [6.07, 6.45) is 3.08. The number of fused-ring (bicyclic) bond motifs is 1. The maximum Gasteiger partial charge on any atom is 0.122 e. The Balaban J connectivity index is 1.98. The van der Waals surface area contributed by atoms with Crippen LogP contribution >= 0.6 is 0 Å². The van der Waals surface area contributed by atoms with Gasteiger partial charge in [0.2, 0.25) is 0 Å². The van der Waals surface area contributed by atoms with E-state index in [9.17, 15) is 5.21 Å². The maximum atomic E-state index is 9.26. The zero-order valence-electron chi connectivity index (χ0n) is 11.1. The molecule has 0 radical (unpaired) electrons. The molecule has 4 heteroatoms. The highest BCUT2D eigenvalue weighted by Gasteiger charge is 2.21. The highest BCUT2D eigenvalue weighted by Crippen LogP contribution is 2.32. The third kappa shape index (κ3) is 3.02. The van der Waals surface area contributed by atoms with E-state index in [4.69, 9.17) is 9.57 Å². The second-order valence-electron chi connectivity index (χ2n) is 4.67. The second-order valence-corrected chi connectivity index (χ2v) is 4.67. The molecule has 0 heterocycles. The predicted molar refractivity (Wildman–Crippen MR) is 68.6 cm³/mol. The van der Waals surface area contributed by atoms with Gasteiger partial charge in [0, 0.05) is 6.54 Å². The lowest BCUT2D eigenvalue weighted by Crippen LogP contribution is -2.26. The number of ether oxygens (including phenoxy) is 1. The molecule has 4 nitrogen and oxygen atoms in total. The fraction of sp³-hybridized carbons (Fsp3) is 0.571. The van der Waals surface area contributed by atoms with Gasteiger partial charge in [-0.15, -0.1) is 0 Å². The van der Waals surface area contributed by atoms with E-state index in [1.807, 2.05) is 19.1 Å². The molecule has 0 aromatic heterocycles. The average molecular weight is 251 g/mol.